The topological polar surface area (TPSA) is 53.7 Å². The fraction of sp³-hybridized carbons (Fsp3) is 1.00. The van der Waals surface area contributed by atoms with Crippen molar-refractivity contribution in [3.63, 3.8) is 0 Å². The molecule has 3 atom stereocenters. The molecule has 0 saturated heterocycles. The van der Waals surface area contributed by atoms with E-state index in [0.717, 1.165) is 19.3 Å². The van der Waals surface area contributed by atoms with E-state index in [1.165, 1.54) is 0 Å². The molecule has 24 heavy (non-hydrogen) atoms. The molecule has 0 aromatic heterocycles. The molecule has 0 saturated carbocycles. The zero-order chi connectivity index (χ0) is 19.2. The van der Waals surface area contributed by atoms with Gasteiger partial charge in [-0.3, -0.25) is 0 Å². The predicted molar refractivity (Wildman–Crippen MR) is 102 cm³/mol. The second kappa shape index (κ2) is 9.51. The lowest BCUT2D eigenvalue weighted by atomic mass is 9.73. The first-order chi connectivity index (χ1) is 10.7. The summed E-state index contributed by atoms with van der Waals surface area (Å²) in [6, 6.07) is 0.141. The van der Waals surface area contributed by atoms with Crippen molar-refractivity contribution in [2.75, 3.05) is 13.7 Å². The summed E-state index contributed by atoms with van der Waals surface area (Å²) in [5.41, 5.74) is 5.49. The van der Waals surface area contributed by atoms with Crippen LogP contribution in [0, 0.1) is 5.41 Å². The molecule has 4 nitrogen and oxygen atoms in total. The highest BCUT2D eigenvalue weighted by molar-refractivity contribution is 4.90. The lowest BCUT2D eigenvalue weighted by molar-refractivity contribution is -0.139. The number of hydrogen-bond acceptors (Lipinski definition) is 4. The van der Waals surface area contributed by atoms with Crippen molar-refractivity contribution in [3.8, 4) is 0 Å². The highest BCUT2D eigenvalue weighted by Gasteiger charge is 2.40. The van der Waals surface area contributed by atoms with Gasteiger partial charge < -0.3 is 19.9 Å². The van der Waals surface area contributed by atoms with Gasteiger partial charge in [-0.25, -0.2) is 0 Å². The van der Waals surface area contributed by atoms with E-state index in [0.29, 0.717) is 6.61 Å². The summed E-state index contributed by atoms with van der Waals surface area (Å²) in [5.74, 6) is 0. The number of rotatable bonds is 12. The monoisotopic (exact) mass is 345 g/mol. The number of methoxy groups -OCH3 is 1. The van der Waals surface area contributed by atoms with Crippen molar-refractivity contribution in [2.45, 2.75) is 111 Å². The van der Waals surface area contributed by atoms with Gasteiger partial charge in [0.2, 0.25) is 0 Å². The van der Waals surface area contributed by atoms with Gasteiger partial charge in [0.05, 0.1) is 23.4 Å². The first-order valence-electron chi connectivity index (χ1n) is 9.32. The Hall–Kier alpha value is -0.160. The van der Waals surface area contributed by atoms with Crippen LogP contribution in [0.25, 0.3) is 0 Å². The minimum absolute atomic E-state index is 0.00681. The van der Waals surface area contributed by atoms with Crippen LogP contribution in [-0.2, 0) is 14.2 Å². The van der Waals surface area contributed by atoms with Gasteiger partial charge in [0, 0.05) is 19.8 Å². The summed E-state index contributed by atoms with van der Waals surface area (Å²) in [6.45, 7) is 20.0. The van der Waals surface area contributed by atoms with E-state index in [1.807, 2.05) is 6.92 Å². The van der Waals surface area contributed by atoms with Crippen molar-refractivity contribution < 1.29 is 14.2 Å². The third-order valence-corrected chi connectivity index (χ3v) is 5.15. The zero-order valence-corrected chi connectivity index (χ0v) is 17.9. The van der Waals surface area contributed by atoms with Crippen molar-refractivity contribution in [2.24, 2.45) is 11.1 Å². The molecule has 0 aliphatic rings. The molecule has 0 bridgehead atoms. The molecular formula is C20H43NO3. The first-order valence-corrected chi connectivity index (χ1v) is 9.32. The van der Waals surface area contributed by atoms with E-state index in [1.54, 1.807) is 7.11 Å². The average molecular weight is 346 g/mol. The van der Waals surface area contributed by atoms with Gasteiger partial charge >= 0.3 is 0 Å². The third kappa shape index (κ3) is 8.80. The minimum atomic E-state index is -0.233. The molecule has 0 fully saturated rings. The Balaban J connectivity index is 4.62. The fourth-order valence-corrected chi connectivity index (χ4v) is 3.17. The standard InChI is InChI=1S/C20H43NO3/c1-15(21)13-19(6,7)24-17(3)14-18(4,5)20(8,9)23-12-11-16(2)22-10/h15-17H,11-14,21H2,1-10H3. The van der Waals surface area contributed by atoms with Crippen LogP contribution >= 0.6 is 0 Å². The van der Waals surface area contributed by atoms with Crippen molar-refractivity contribution in [1.82, 2.24) is 0 Å². The van der Waals surface area contributed by atoms with Gasteiger partial charge in [0.1, 0.15) is 0 Å². The normalized spacial score (nSPS) is 17.6. The molecule has 0 amide bonds. The number of ether oxygens (including phenoxy) is 3. The Morgan fingerprint density at radius 1 is 0.875 bits per heavy atom. The van der Waals surface area contributed by atoms with Gasteiger partial charge in [0.15, 0.2) is 0 Å². The van der Waals surface area contributed by atoms with E-state index in [9.17, 15) is 0 Å². The summed E-state index contributed by atoms with van der Waals surface area (Å²) in [6.07, 6.45) is 3.07. The van der Waals surface area contributed by atoms with Crippen molar-refractivity contribution >= 4 is 0 Å². The van der Waals surface area contributed by atoms with E-state index < -0.39 is 0 Å². The van der Waals surface area contributed by atoms with Crippen molar-refractivity contribution in [1.29, 1.82) is 0 Å². The summed E-state index contributed by atoms with van der Waals surface area (Å²) in [4.78, 5) is 0. The third-order valence-electron chi connectivity index (χ3n) is 5.15. The molecule has 3 unspecified atom stereocenters. The van der Waals surface area contributed by atoms with Gasteiger partial charge in [-0.1, -0.05) is 13.8 Å². The van der Waals surface area contributed by atoms with Crippen LogP contribution in [-0.4, -0.2) is 43.2 Å². The summed E-state index contributed by atoms with van der Waals surface area (Å²) < 4.78 is 17.8. The largest absolute Gasteiger partial charge is 0.382 e. The highest BCUT2D eigenvalue weighted by atomic mass is 16.5. The van der Waals surface area contributed by atoms with Crippen LogP contribution in [0.5, 0.6) is 0 Å². The fourth-order valence-electron chi connectivity index (χ4n) is 3.17. The van der Waals surface area contributed by atoms with Crippen molar-refractivity contribution in [3.05, 3.63) is 0 Å². The average Bonchev–Trinajstić information content (AvgIpc) is 2.34. The summed E-state index contributed by atoms with van der Waals surface area (Å²) >= 11 is 0. The highest BCUT2D eigenvalue weighted by Crippen LogP contribution is 2.39. The number of nitrogens with two attached hydrogens (primary N) is 1. The van der Waals surface area contributed by atoms with Crippen LogP contribution in [0.1, 0.15) is 81.6 Å². The Morgan fingerprint density at radius 3 is 1.88 bits per heavy atom. The molecule has 0 aromatic carbocycles. The minimum Gasteiger partial charge on any atom is -0.382 e. The summed E-state index contributed by atoms with van der Waals surface area (Å²) in [7, 11) is 1.74. The van der Waals surface area contributed by atoms with Gasteiger partial charge in [0.25, 0.3) is 0 Å². The zero-order valence-electron chi connectivity index (χ0n) is 17.9. The summed E-state index contributed by atoms with van der Waals surface area (Å²) in [5, 5.41) is 0. The molecule has 0 heterocycles. The molecular weight excluding hydrogens is 302 g/mol. The second-order valence-electron chi connectivity index (χ2n) is 9.15. The van der Waals surface area contributed by atoms with E-state index in [2.05, 4.69) is 55.4 Å². The van der Waals surface area contributed by atoms with Crippen LogP contribution in [0.3, 0.4) is 0 Å². The molecule has 0 spiro atoms. The SMILES string of the molecule is COC(C)CCOC(C)(C)C(C)(C)CC(C)OC(C)(C)CC(C)N. The van der Waals surface area contributed by atoms with Crippen LogP contribution in [0.15, 0.2) is 0 Å². The molecule has 0 radical (unpaired) electrons. The Kier molecular flexibility index (Phi) is 9.45. The maximum Gasteiger partial charge on any atom is 0.0678 e. The van der Waals surface area contributed by atoms with E-state index >= 15 is 0 Å². The predicted octanol–water partition coefficient (Wildman–Crippen LogP) is 4.54. The Morgan fingerprint density at radius 2 is 1.42 bits per heavy atom. The molecule has 0 aliphatic carbocycles. The lowest BCUT2D eigenvalue weighted by Crippen LogP contribution is -2.45. The van der Waals surface area contributed by atoms with Gasteiger partial charge in [-0.15, -0.1) is 0 Å². The molecule has 0 aromatic rings. The lowest BCUT2D eigenvalue weighted by Gasteiger charge is -2.44. The quantitative estimate of drug-likeness (QED) is 0.564. The molecule has 0 aliphatic heterocycles. The molecule has 2 N–H and O–H groups in total. The van der Waals surface area contributed by atoms with E-state index in [-0.39, 0.29) is 34.9 Å². The van der Waals surface area contributed by atoms with Crippen LogP contribution < -0.4 is 5.73 Å². The van der Waals surface area contributed by atoms with E-state index in [4.69, 9.17) is 19.9 Å². The van der Waals surface area contributed by atoms with Crippen LogP contribution in [0.2, 0.25) is 0 Å². The maximum absolute atomic E-state index is 6.28. The molecule has 146 valence electrons. The van der Waals surface area contributed by atoms with Gasteiger partial charge in [-0.05, 0) is 73.1 Å². The maximum atomic E-state index is 6.28. The molecule has 0 rings (SSSR count). The number of hydrogen-bond donors (Lipinski definition) is 1. The first kappa shape index (κ1) is 23.8. The molecule has 4 heteroatoms. The Labute approximate surface area is 150 Å². The second-order valence-corrected chi connectivity index (χ2v) is 9.15. The van der Waals surface area contributed by atoms with Gasteiger partial charge in [-0.2, -0.15) is 0 Å². The Bertz CT molecular complexity index is 351. The smallest absolute Gasteiger partial charge is 0.0678 e. The van der Waals surface area contributed by atoms with Crippen LogP contribution in [0.4, 0.5) is 0 Å².